The summed E-state index contributed by atoms with van der Waals surface area (Å²) in [7, 11) is -3.46. The molecule has 2 aromatic rings. The number of carbonyl (C=O) groups excluding carboxylic acids is 1. The van der Waals surface area contributed by atoms with E-state index in [0.29, 0.717) is 6.42 Å². The lowest BCUT2D eigenvalue weighted by molar-refractivity contribution is -0.121. The van der Waals surface area contributed by atoms with Crippen molar-refractivity contribution in [1.29, 1.82) is 0 Å². The third kappa shape index (κ3) is 6.32. The topological polar surface area (TPSA) is 66.5 Å². The molecule has 0 aliphatic heterocycles. The van der Waals surface area contributed by atoms with Crippen LogP contribution < -0.4 is 5.32 Å². The summed E-state index contributed by atoms with van der Waals surface area (Å²) in [5, 5.41) is 2.85. The highest BCUT2D eigenvalue weighted by Gasteiger charge is 2.21. The summed E-state index contributed by atoms with van der Waals surface area (Å²) in [5.41, 5.74) is 2.01. The molecule has 6 heteroatoms. The van der Waals surface area contributed by atoms with Crippen LogP contribution in [0.2, 0.25) is 0 Å². The lowest BCUT2D eigenvalue weighted by Gasteiger charge is -2.21. The average Bonchev–Trinajstić information content (AvgIpc) is 2.59. The van der Waals surface area contributed by atoms with Crippen LogP contribution in [-0.2, 0) is 21.2 Å². The number of amides is 1. The van der Waals surface area contributed by atoms with E-state index in [1.165, 1.54) is 4.31 Å². The van der Waals surface area contributed by atoms with Crippen LogP contribution >= 0.6 is 0 Å². The molecule has 2 rings (SSSR count). The van der Waals surface area contributed by atoms with Crippen LogP contribution in [0.5, 0.6) is 0 Å². The number of carbonyl (C=O) groups is 1. The Balaban J connectivity index is 1.96. The SMILES string of the molecule is C[C@@H](NC(=O)CN(CCc1ccccc1)S(C)(=O)=O)c1ccccc1. The van der Waals surface area contributed by atoms with Gasteiger partial charge in [-0.25, -0.2) is 8.42 Å². The highest BCUT2D eigenvalue weighted by atomic mass is 32.2. The zero-order valence-electron chi connectivity index (χ0n) is 14.6. The first-order valence-corrected chi connectivity index (χ1v) is 10.0. The number of rotatable bonds is 8. The lowest BCUT2D eigenvalue weighted by Crippen LogP contribution is -2.41. The largest absolute Gasteiger partial charge is 0.348 e. The highest BCUT2D eigenvalue weighted by molar-refractivity contribution is 7.88. The second kappa shape index (κ2) is 8.78. The lowest BCUT2D eigenvalue weighted by atomic mass is 10.1. The number of sulfonamides is 1. The van der Waals surface area contributed by atoms with Gasteiger partial charge in [0.25, 0.3) is 0 Å². The van der Waals surface area contributed by atoms with Crippen molar-refractivity contribution in [3.63, 3.8) is 0 Å². The van der Waals surface area contributed by atoms with Gasteiger partial charge in [0.15, 0.2) is 0 Å². The quantitative estimate of drug-likeness (QED) is 0.786. The number of benzene rings is 2. The molecule has 1 atom stereocenters. The van der Waals surface area contributed by atoms with Gasteiger partial charge in [0.2, 0.25) is 15.9 Å². The Kier molecular flexibility index (Phi) is 6.73. The fourth-order valence-corrected chi connectivity index (χ4v) is 3.31. The van der Waals surface area contributed by atoms with Crippen molar-refractivity contribution in [3.05, 3.63) is 71.8 Å². The minimum absolute atomic E-state index is 0.177. The monoisotopic (exact) mass is 360 g/mol. The molecule has 1 amide bonds. The van der Waals surface area contributed by atoms with Gasteiger partial charge in [0.1, 0.15) is 0 Å². The molecule has 0 fully saturated rings. The Bertz CT molecular complexity index is 777. The second-order valence-corrected chi connectivity index (χ2v) is 8.01. The molecule has 1 N–H and O–H groups in total. The molecule has 25 heavy (non-hydrogen) atoms. The van der Waals surface area contributed by atoms with Gasteiger partial charge in [-0.15, -0.1) is 0 Å². The van der Waals surface area contributed by atoms with E-state index in [9.17, 15) is 13.2 Å². The summed E-state index contributed by atoms with van der Waals surface area (Å²) in [4.78, 5) is 12.3. The molecule has 0 unspecified atom stereocenters. The third-order valence-corrected chi connectivity index (χ3v) is 5.21. The highest BCUT2D eigenvalue weighted by Crippen LogP contribution is 2.11. The molecule has 0 aliphatic carbocycles. The summed E-state index contributed by atoms with van der Waals surface area (Å²) in [6.07, 6.45) is 1.70. The minimum atomic E-state index is -3.46. The predicted octanol–water partition coefficient (Wildman–Crippen LogP) is 2.37. The smallest absolute Gasteiger partial charge is 0.235 e. The van der Waals surface area contributed by atoms with Crippen molar-refractivity contribution >= 4 is 15.9 Å². The van der Waals surface area contributed by atoms with Crippen LogP contribution in [0.4, 0.5) is 0 Å². The van der Waals surface area contributed by atoms with Gasteiger partial charge in [-0.2, -0.15) is 4.31 Å². The fourth-order valence-electron chi connectivity index (χ4n) is 2.53. The molecule has 5 nitrogen and oxygen atoms in total. The third-order valence-electron chi connectivity index (χ3n) is 3.96. The van der Waals surface area contributed by atoms with Gasteiger partial charge in [-0.1, -0.05) is 60.7 Å². The van der Waals surface area contributed by atoms with Gasteiger partial charge in [0, 0.05) is 6.54 Å². The summed E-state index contributed by atoms with van der Waals surface area (Å²) in [6.45, 7) is 1.97. The van der Waals surface area contributed by atoms with E-state index in [4.69, 9.17) is 0 Å². The maximum Gasteiger partial charge on any atom is 0.235 e. The van der Waals surface area contributed by atoms with Crippen LogP contribution in [0.3, 0.4) is 0 Å². The molecular formula is C19H24N2O3S. The van der Waals surface area contributed by atoms with Gasteiger partial charge < -0.3 is 5.32 Å². The zero-order chi connectivity index (χ0) is 18.3. The molecule has 2 aromatic carbocycles. The molecular weight excluding hydrogens is 336 g/mol. The Hall–Kier alpha value is -2.18. The van der Waals surface area contributed by atoms with Crippen LogP contribution in [-0.4, -0.2) is 38.0 Å². The molecule has 0 spiro atoms. The van der Waals surface area contributed by atoms with Crippen molar-refractivity contribution in [2.45, 2.75) is 19.4 Å². The summed E-state index contributed by atoms with van der Waals surface area (Å²) >= 11 is 0. The maximum atomic E-state index is 12.3. The molecule has 134 valence electrons. The van der Waals surface area contributed by atoms with E-state index in [-0.39, 0.29) is 25.0 Å². The van der Waals surface area contributed by atoms with Crippen molar-refractivity contribution < 1.29 is 13.2 Å². The Morgan fingerprint density at radius 1 is 1.04 bits per heavy atom. The minimum Gasteiger partial charge on any atom is -0.348 e. The van der Waals surface area contributed by atoms with Gasteiger partial charge in [-0.3, -0.25) is 4.79 Å². The molecule has 0 bridgehead atoms. The van der Waals surface area contributed by atoms with Gasteiger partial charge in [-0.05, 0) is 24.5 Å². The van der Waals surface area contributed by atoms with E-state index >= 15 is 0 Å². The van der Waals surface area contributed by atoms with Gasteiger partial charge in [0.05, 0.1) is 18.8 Å². The number of hydrogen-bond donors (Lipinski definition) is 1. The number of hydrogen-bond acceptors (Lipinski definition) is 3. The summed E-state index contributed by atoms with van der Waals surface area (Å²) in [5.74, 6) is -0.310. The van der Waals surface area contributed by atoms with E-state index < -0.39 is 10.0 Å². The maximum absolute atomic E-state index is 12.3. The Morgan fingerprint density at radius 3 is 2.16 bits per heavy atom. The number of nitrogens with zero attached hydrogens (tertiary/aromatic N) is 1. The van der Waals surface area contributed by atoms with Crippen LogP contribution in [0.15, 0.2) is 60.7 Å². The molecule has 0 aliphatic rings. The fraction of sp³-hybridized carbons (Fsp3) is 0.316. The average molecular weight is 360 g/mol. The van der Waals surface area contributed by atoms with E-state index in [1.54, 1.807) is 0 Å². The Labute approximate surface area is 149 Å². The molecule has 0 heterocycles. The number of nitrogens with one attached hydrogen (secondary N) is 1. The second-order valence-electron chi connectivity index (χ2n) is 6.03. The van der Waals surface area contributed by atoms with Gasteiger partial charge >= 0.3 is 0 Å². The van der Waals surface area contributed by atoms with E-state index in [2.05, 4.69) is 5.32 Å². The van der Waals surface area contributed by atoms with E-state index in [0.717, 1.165) is 17.4 Å². The normalized spacial score (nSPS) is 12.8. The first-order valence-electron chi connectivity index (χ1n) is 8.19. The predicted molar refractivity (Wildman–Crippen MR) is 99.6 cm³/mol. The van der Waals surface area contributed by atoms with Crippen molar-refractivity contribution in [2.24, 2.45) is 0 Å². The van der Waals surface area contributed by atoms with Crippen LogP contribution in [0.25, 0.3) is 0 Å². The Morgan fingerprint density at radius 2 is 1.60 bits per heavy atom. The van der Waals surface area contributed by atoms with Crippen LogP contribution in [0, 0.1) is 0 Å². The van der Waals surface area contributed by atoms with Crippen molar-refractivity contribution in [3.8, 4) is 0 Å². The summed E-state index contributed by atoms with van der Waals surface area (Å²) < 4.78 is 25.2. The van der Waals surface area contributed by atoms with Crippen molar-refractivity contribution in [2.75, 3.05) is 19.3 Å². The van der Waals surface area contributed by atoms with Crippen LogP contribution in [0.1, 0.15) is 24.1 Å². The molecule has 0 aromatic heterocycles. The first kappa shape index (κ1) is 19.1. The van der Waals surface area contributed by atoms with Crippen molar-refractivity contribution in [1.82, 2.24) is 9.62 Å². The summed E-state index contributed by atoms with van der Waals surface area (Å²) in [6, 6.07) is 19.0. The first-order chi connectivity index (χ1) is 11.9. The molecule has 0 saturated heterocycles. The molecule has 0 saturated carbocycles. The zero-order valence-corrected chi connectivity index (χ0v) is 15.4. The standard InChI is InChI=1S/C19H24N2O3S/c1-16(18-11-7-4-8-12-18)20-19(22)15-21(25(2,23)24)14-13-17-9-5-3-6-10-17/h3-12,16H,13-15H2,1-2H3,(H,20,22)/t16-/m1/s1. The van der Waals surface area contributed by atoms with E-state index in [1.807, 2.05) is 67.6 Å². The molecule has 0 radical (unpaired) electrons.